The van der Waals surface area contributed by atoms with E-state index in [2.05, 4.69) is 25.9 Å². The lowest BCUT2D eigenvalue weighted by Crippen LogP contribution is -2.08. The quantitative estimate of drug-likeness (QED) is 0.353. The monoisotopic (exact) mass is 428 g/mol. The normalized spacial score (nSPS) is 11.7. The number of hydrogen-bond acceptors (Lipinski definition) is 2. The van der Waals surface area contributed by atoms with Gasteiger partial charge in [0, 0.05) is 21.0 Å². The molecular formula is C21H12BrF3N2. The first-order valence-corrected chi connectivity index (χ1v) is 8.92. The Labute approximate surface area is 161 Å². The molecule has 6 heteroatoms. The molecular weight excluding hydrogens is 417 g/mol. The van der Waals surface area contributed by atoms with Gasteiger partial charge in [0.05, 0.1) is 16.8 Å². The van der Waals surface area contributed by atoms with Crippen molar-refractivity contribution in [1.29, 1.82) is 0 Å². The summed E-state index contributed by atoms with van der Waals surface area (Å²) in [7, 11) is 0. The lowest BCUT2D eigenvalue weighted by atomic mass is 10.0. The average molecular weight is 429 g/mol. The minimum absolute atomic E-state index is 0.103. The minimum Gasteiger partial charge on any atom is -0.227 e. The number of benzene rings is 3. The van der Waals surface area contributed by atoms with E-state index in [9.17, 15) is 13.2 Å². The summed E-state index contributed by atoms with van der Waals surface area (Å²) in [5.41, 5.74) is 0.969. The Morgan fingerprint density at radius 2 is 1.44 bits per heavy atom. The number of hydrogen-bond donors (Lipinski definition) is 0. The smallest absolute Gasteiger partial charge is 0.227 e. The third kappa shape index (κ3) is 3.45. The Morgan fingerprint density at radius 3 is 2.15 bits per heavy atom. The van der Waals surface area contributed by atoms with Crippen molar-refractivity contribution in [1.82, 2.24) is 9.97 Å². The first kappa shape index (κ1) is 17.7. The van der Waals surface area contributed by atoms with Crippen LogP contribution in [0.4, 0.5) is 13.2 Å². The van der Waals surface area contributed by atoms with Crippen LogP contribution in [0.1, 0.15) is 5.56 Å². The molecule has 0 amide bonds. The summed E-state index contributed by atoms with van der Waals surface area (Å²) in [6.45, 7) is 0. The van der Waals surface area contributed by atoms with Crippen molar-refractivity contribution in [3.8, 4) is 22.6 Å². The van der Waals surface area contributed by atoms with Gasteiger partial charge in [-0.25, -0.2) is 9.97 Å². The predicted octanol–water partition coefficient (Wildman–Crippen LogP) is 6.75. The first-order chi connectivity index (χ1) is 12.9. The van der Waals surface area contributed by atoms with E-state index in [-0.39, 0.29) is 11.3 Å². The second-order valence-corrected chi connectivity index (χ2v) is 6.89. The van der Waals surface area contributed by atoms with Crippen molar-refractivity contribution >= 4 is 26.8 Å². The Hall–Kier alpha value is -2.73. The number of fused-ring (bicyclic) bond motifs is 1. The molecule has 0 fully saturated rings. The summed E-state index contributed by atoms with van der Waals surface area (Å²) < 4.78 is 41.6. The largest absolute Gasteiger partial charge is 0.418 e. The van der Waals surface area contributed by atoms with Crippen LogP contribution in [0.15, 0.2) is 77.3 Å². The van der Waals surface area contributed by atoms with Gasteiger partial charge in [-0.1, -0.05) is 70.5 Å². The fourth-order valence-corrected chi connectivity index (χ4v) is 3.35. The Balaban J connectivity index is 2.09. The van der Waals surface area contributed by atoms with Gasteiger partial charge in [0.15, 0.2) is 5.82 Å². The van der Waals surface area contributed by atoms with E-state index in [1.165, 1.54) is 6.07 Å². The molecule has 0 bridgehead atoms. The maximum absolute atomic E-state index is 13.6. The van der Waals surface area contributed by atoms with Crippen LogP contribution in [0.2, 0.25) is 0 Å². The first-order valence-electron chi connectivity index (χ1n) is 8.13. The second-order valence-electron chi connectivity index (χ2n) is 5.97. The molecule has 134 valence electrons. The Bertz CT molecular complexity index is 1130. The third-order valence-electron chi connectivity index (χ3n) is 4.16. The van der Waals surface area contributed by atoms with Crippen molar-refractivity contribution in [3.63, 3.8) is 0 Å². The summed E-state index contributed by atoms with van der Waals surface area (Å²) in [4.78, 5) is 8.88. The van der Waals surface area contributed by atoms with Crippen molar-refractivity contribution in [3.05, 3.63) is 82.8 Å². The van der Waals surface area contributed by atoms with Crippen LogP contribution in [-0.4, -0.2) is 9.97 Å². The molecule has 0 saturated carbocycles. The van der Waals surface area contributed by atoms with Crippen LogP contribution in [-0.2, 0) is 6.18 Å². The molecule has 1 heterocycles. The Kier molecular flexibility index (Phi) is 4.44. The molecule has 2 nitrogen and oxygen atoms in total. The Morgan fingerprint density at radius 1 is 0.741 bits per heavy atom. The van der Waals surface area contributed by atoms with Gasteiger partial charge in [-0.15, -0.1) is 0 Å². The van der Waals surface area contributed by atoms with E-state index >= 15 is 0 Å². The maximum Gasteiger partial charge on any atom is 0.418 e. The van der Waals surface area contributed by atoms with E-state index in [0.29, 0.717) is 22.2 Å². The zero-order chi connectivity index (χ0) is 19.0. The van der Waals surface area contributed by atoms with Crippen molar-refractivity contribution < 1.29 is 13.2 Å². The zero-order valence-corrected chi connectivity index (χ0v) is 15.4. The van der Waals surface area contributed by atoms with Gasteiger partial charge in [0.2, 0.25) is 0 Å². The standard InChI is InChI=1S/C21H12BrF3N2/c22-15-9-4-8-14(12-15)18-16-10-5-11-17(21(23,24)25)19(16)27-20(26-18)13-6-2-1-3-7-13/h1-12H. The van der Waals surface area contributed by atoms with Crippen LogP contribution in [0.25, 0.3) is 33.5 Å². The molecule has 0 spiro atoms. The number of para-hydroxylation sites is 1. The molecule has 3 aromatic carbocycles. The summed E-state index contributed by atoms with van der Waals surface area (Å²) in [6.07, 6.45) is -4.50. The molecule has 4 rings (SSSR count). The maximum atomic E-state index is 13.6. The molecule has 0 aliphatic heterocycles. The van der Waals surface area contributed by atoms with Crippen LogP contribution in [0, 0.1) is 0 Å². The van der Waals surface area contributed by atoms with Gasteiger partial charge in [-0.05, 0) is 18.2 Å². The molecule has 27 heavy (non-hydrogen) atoms. The number of aromatic nitrogens is 2. The van der Waals surface area contributed by atoms with Crippen molar-refractivity contribution in [2.75, 3.05) is 0 Å². The van der Waals surface area contributed by atoms with Crippen LogP contribution < -0.4 is 0 Å². The van der Waals surface area contributed by atoms with Crippen LogP contribution >= 0.6 is 15.9 Å². The lowest BCUT2D eigenvalue weighted by molar-refractivity contribution is -0.136. The van der Waals surface area contributed by atoms with Gasteiger partial charge in [0.1, 0.15) is 0 Å². The SMILES string of the molecule is FC(F)(F)c1cccc2c(-c3cccc(Br)c3)nc(-c3ccccc3)nc12. The molecule has 0 radical (unpaired) electrons. The fraction of sp³-hybridized carbons (Fsp3) is 0.0476. The highest BCUT2D eigenvalue weighted by molar-refractivity contribution is 9.10. The highest BCUT2D eigenvalue weighted by Gasteiger charge is 2.34. The molecule has 0 aliphatic rings. The van der Waals surface area contributed by atoms with Gasteiger partial charge >= 0.3 is 6.18 Å². The zero-order valence-electron chi connectivity index (χ0n) is 13.8. The fourth-order valence-electron chi connectivity index (χ4n) is 2.95. The van der Waals surface area contributed by atoms with E-state index < -0.39 is 11.7 Å². The van der Waals surface area contributed by atoms with Crippen LogP contribution in [0.3, 0.4) is 0 Å². The molecule has 0 N–H and O–H groups in total. The summed E-state index contributed by atoms with van der Waals surface area (Å²) in [6, 6.07) is 20.4. The second kappa shape index (κ2) is 6.78. The highest BCUT2D eigenvalue weighted by Crippen LogP contribution is 2.38. The average Bonchev–Trinajstić information content (AvgIpc) is 2.66. The minimum atomic E-state index is -4.50. The predicted molar refractivity (Wildman–Crippen MR) is 103 cm³/mol. The summed E-state index contributed by atoms with van der Waals surface area (Å²) >= 11 is 3.41. The molecule has 0 saturated heterocycles. The molecule has 4 aromatic rings. The summed E-state index contributed by atoms with van der Waals surface area (Å²) in [5.74, 6) is 0.259. The van der Waals surface area contributed by atoms with Gasteiger partial charge in [0.25, 0.3) is 0 Å². The third-order valence-corrected chi connectivity index (χ3v) is 4.66. The van der Waals surface area contributed by atoms with Gasteiger partial charge in [-0.2, -0.15) is 13.2 Å². The van der Waals surface area contributed by atoms with Gasteiger partial charge in [-0.3, -0.25) is 0 Å². The molecule has 0 atom stereocenters. The van der Waals surface area contributed by atoms with Gasteiger partial charge < -0.3 is 0 Å². The molecule has 1 aromatic heterocycles. The molecule has 0 aliphatic carbocycles. The van der Waals surface area contributed by atoms with Crippen molar-refractivity contribution in [2.24, 2.45) is 0 Å². The van der Waals surface area contributed by atoms with Crippen LogP contribution in [0.5, 0.6) is 0 Å². The number of rotatable bonds is 2. The summed E-state index contributed by atoms with van der Waals surface area (Å²) in [5, 5.41) is 0.364. The lowest BCUT2D eigenvalue weighted by Gasteiger charge is -2.14. The number of halogens is 4. The number of nitrogens with zero attached hydrogens (tertiary/aromatic N) is 2. The highest BCUT2D eigenvalue weighted by atomic mass is 79.9. The van der Waals surface area contributed by atoms with E-state index in [1.54, 1.807) is 30.3 Å². The van der Waals surface area contributed by atoms with Crippen molar-refractivity contribution in [2.45, 2.75) is 6.18 Å². The van der Waals surface area contributed by atoms with E-state index in [0.717, 1.165) is 10.5 Å². The number of alkyl halides is 3. The topological polar surface area (TPSA) is 25.8 Å². The van der Waals surface area contributed by atoms with E-state index in [4.69, 9.17) is 0 Å². The van der Waals surface area contributed by atoms with E-state index in [1.807, 2.05) is 30.3 Å². The molecule has 0 unspecified atom stereocenters.